The van der Waals surface area contributed by atoms with Gasteiger partial charge in [-0.2, -0.15) is 5.10 Å². The summed E-state index contributed by atoms with van der Waals surface area (Å²) in [6.45, 7) is 5.41. The number of hydrogen-bond donors (Lipinski definition) is 2. The predicted octanol–water partition coefficient (Wildman–Crippen LogP) is 1.57. The predicted molar refractivity (Wildman–Crippen MR) is 87.9 cm³/mol. The van der Waals surface area contributed by atoms with Crippen molar-refractivity contribution in [1.29, 1.82) is 0 Å². The maximum atomic E-state index is 5.39. The highest BCUT2D eigenvalue weighted by atomic mass is 16.5. The average Bonchev–Trinajstić information content (AvgIpc) is 3.18. The summed E-state index contributed by atoms with van der Waals surface area (Å²) in [5.41, 5.74) is 1.02. The van der Waals surface area contributed by atoms with Crippen molar-refractivity contribution in [3.63, 3.8) is 0 Å². The van der Waals surface area contributed by atoms with Crippen molar-refractivity contribution in [2.24, 2.45) is 12.0 Å². The lowest BCUT2D eigenvalue weighted by Gasteiger charge is -2.10. The molecular weight excluding hydrogens is 294 g/mol. The van der Waals surface area contributed by atoms with Crippen molar-refractivity contribution in [1.82, 2.24) is 30.6 Å². The van der Waals surface area contributed by atoms with Crippen LogP contribution in [0.25, 0.3) is 0 Å². The monoisotopic (exact) mass is 319 g/mol. The summed E-state index contributed by atoms with van der Waals surface area (Å²) in [6, 6.07) is 2.01. The molecule has 126 valence electrons. The van der Waals surface area contributed by atoms with E-state index in [4.69, 9.17) is 4.52 Å². The largest absolute Gasteiger partial charge is 0.359 e. The Morgan fingerprint density at radius 3 is 2.65 bits per heavy atom. The molecule has 8 nitrogen and oxygen atoms in total. The highest BCUT2D eigenvalue weighted by molar-refractivity contribution is 5.79. The SMILES string of the molecule is CCC(CC)c1cc(CNC(=NC)NCc2ncnn2C)on1. The minimum absolute atomic E-state index is 0.459. The third-order valence-electron chi connectivity index (χ3n) is 3.85. The first-order chi connectivity index (χ1) is 11.2. The Morgan fingerprint density at radius 2 is 2.04 bits per heavy atom. The van der Waals surface area contributed by atoms with Crippen molar-refractivity contribution in [2.75, 3.05) is 7.05 Å². The summed E-state index contributed by atoms with van der Waals surface area (Å²) in [5.74, 6) is 2.77. The van der Waals surface area contributed by atoms with Gasteiger partial charge in [0.2, 0.25) is 0 Å². The second kappa shape index (κ2) is 8.30. The van der Waals surface area contributed by atoms with Gasteiger partial charge in [-0.1, -0.05) is 19.0 Å². The van der Waals surface area contributed by atoms with E-state index >= 15 is 0 Å². The van der Waals surface area contributed by atoms with Crippen molar-refractivity contribution in [2.45, 2.75) is 45.7 Å². The smallest absolute Gasteiger partial charge is 0.191 e. The van der Waals surface area contributed by atoms with Gasteiger partial charge in [-0.3, -0.25) is 9.67 Å². The minimum Gasteiger partial charge on any atom is -0.359 e. The molecule has 0 aliphatic heterocycles. The Labute approximate surface area is 136 Å². The van der Waals surface area contributed by atoms with E-state index in [9.17, 15) is 0 Å². The summed E-state index contributed by atoms with van der Waals surface area (Å²) in [6.07, 6.45) is 3.66. The molecule has 2 N–H and O–H groups in total. The fourth-order valence-corrected chi connectivity index (χ4v) is 2.35. The fourth-order valence-electron chi connectivity index (χ4n) is 2.35. The van der Waals surface area contributed by atoms with Crippen LogP contribution in [-0.2, 0) is 20.1 Å². The molecule has 2 heterocycles. The summed E-state index contributed by atoms with van der Waals surface area (Å²) in [7, 11) is 3.58. The first-order valence-corrected chi connectivity index (χ1v) is 7.90. The van der Waals surface area contributed by atoms with Crippen molar-refractivity contribution < 1.29 is 4.52 Å². The topological polar surface area (TPSA) is 93.2 Å². The van der Waals surface area contributed by atoms with Gasteiger partial charge in [-0.05, 0) is 12.8 Å². The van der Waals surface area contributed by atoms with Crippen molar-refractivity contribution in [3.8, 4) is 0 Å². The van der Waals surface area contributed by atoms with Gasteiger partial charge in [0.15, 0.2) is 11.7 Å². The first kappa shape index (κ1) is 17.0. The molecule has 0 unspecified atom stereocenters. The Hall–Kier alpha value is -2.38. The van der Waals surface area contributed by atoms with Gasteiger partial charge in [-0.25, -0.2) is 4.98 Å². The number of rotatable bonds is 7. The number of aromatic nitrogens is 4. The van der Waals surface area contributed by atoms with Crippen LogP contribution in [0.2, 0.25) is 0 Å². The van der Waals surface area contributed by atoms with Crippen LogP contribution in [0.4, 0.5) is 0 Å². The zero-order chi connectivity index (χ0) is 16.7. The first-order valence-electron chi connectivity index (χ1n) is 7.90. The highest BCUT2D eigenvalue weighted by Gasteiger charge is 2.13. The molecule has 2 aromatic heterocycles. The molecule has 2 rings (SSSR count). The fraction of sp³-hybridized carbons (Fsp3) is 0.600. The molecule has 2 aromatic rings. The van der Waals surface area contributed by atoms with Crippen molar-refractivity contribution in [3.05, 3.63) is 29.7 Å². The maximum Gasteiger partial charge on any atom is 0.191 e. The summed E-state index contributed by atoms with van der Waals surface area (Å²) in [4.78, 5) is 8.34. The molecule has 0 spiro atoms. The molecule has 0 amide bonds. The second-order valence-corrected chi connectivity index (χ2v) is 5.31. The zero-order valence-electron chi connectivity index (χ0n) is 14.2. The van der Waals surface area contributed by atoms with Crippen LogP contribution in [0.5, 0.6) is 0 Å². The second-order valence-electron chi connectivity index (χ2n) is 5.31. The van der Waals surface area contributed by atoms with Gasteiger partial charge in [0.1, 0.15) is 12.2 Å². The molecule has 0 aliphatic rings. The zero-order valence-corrected chi connectivity index (χ0v) is 14.2. The number of nitrogens with one attached hydrogen (secondary N) is 2. The van der Waals surface area contributed by atoms with E-state index in [1.807, 2.05) is 13.1 Å². The number of hydrogen-bond acceptors (Lipinski definition) is 5. The molecule has 0 saturated carbocycles. The Kier molecular flexibility index (Phi) is 6.13. The van der Waals surface area contributed by atoms with Crippen LogP contribution >= 0.6 is 0 Å². The number of guanidine groups is 1. The Bertz CT molecular complexity index is 627. The lowest BCUT2D eigenvalue weighted by atomic mass is 9.99. The average molecular weight is 319 g/mol. The van der Waals surface area contributed by atoms with E-state index in [0.717, 1.165) is 30.1 Å². The number of nitrogens with zero attached hydrogens (tertiary/aromatic N) is 5. The van der Waals surface area contributed by atoms with Crippen LogP contribution in [0.15, 0.2) is 21.9 Å². The molecular formula is C15H25N7O. The van der Waals surface area contributed by atoms with Gasteiger partial charge in [-0.15, -0.1) is 0 Å². The van der Waals surface area contributed by atoms with Crippen LogP contribution in [-0.4, -0.2) is 32.9 Å². The molecule has 0 bridgehead atoms. The molecule has 0 saturated heterocycles. The van der Waals surface area contributed by atoms with Gasteiger partial charge in [0.25, 0.3) is 0 Å². The van der Waals surface area contributed by atoms with Gasteiger partial charge >= 0.3 is 0 Å². The standard InChI is InChI=1S/C15H25N7O/c1-5-11(6-2)13-7-12(23-21-13)8-17-15(16-3)18-9-14-19-10-20-22(14)4/h7,10-11H,5-6,8-9H2,1-4H3,(H2,16,17,18). The molecule has 0 radical (unpaired) electrons. The van der Waals surface area contributed by atoms with E-state index in [2.05, 4.69) is 44.7 Å². The van der Waals surface area contributed by atoms with E-state index < -0.39 is 0 Å². The quantitative estimate of drug-likeness (QED) is 0.594. The van der Waals surface area contributed by atoms with Crippen LogP contribution in [0, 0.1) is 0 Å². The lowest BCUT2D eigenvalue weighted by molar-refractivity contribution is 0.368. The molecule has 23 heavy (non-hydrogen) atoms. The third-order valence-corrected chi connectivity index (χ3v) is 3.85. The highest BCUT2D eigenvalue weighted by Crippen LogP contribution is 2.22. The van der Waals surface area contributed by atoms with Gasteiger partial charge < -0.3 is 15.2 Å². The molecule has 0 fully saturated rings. The minimum atomic E-state index is 0.459. The number of aliphatic imine (C=N–C) groups is 1. The lowest BCUT2D eigenvalue weighted by Crippen LogP contribution is -2.36. The van der Waals surface area contributed by atoms with Gasteiger partial charge in [0.05, 0.1) is 18.8 Å². The van der Waals surface area contributed by atoms with Crippen LogP contribution < -0.4 is 10.6 Å². The van der Waals surface area contributed by atoms with E-state index in [-0.39, 0.29) is 0 Å². The van der Waals surface area contributed by atoms with Crippen LogP contribution in [0.1, 0.15) is 49.9 Å². The van der Waals surface area contributed by atoms with Crippen LogP contribution in [0.3, 0.4) is 0 Å². The van der Waals surface area contributed by atoms with Gasteiger partial charge in [0, 0.05) is 26.1 Å². The molecule has 0 aliphatic carbocycles. The summed E-state index contributed by atoms with van der Waals surface area (Å²) < 4.78 is 7.11. The molecule has 8 heteroatoms. The van der Waals surface area contributed by atoms with E-state index in [0.29, 0.717) is 25.0 Å². The Morgan fingerprint density at radius 1 is 1.30 bits per heavy atom. The van der Waals surface area contributed by atoms with E-state index in [1.165, 1.54) is 6.33 Å². The summed E-state index contributed by atoms with van der Waals surface area (Å²) >= 11 is 0. The van der Waals surface area contributed by atoms with E-state index in [1.54, 1.807) is 11.7 Å². The molecule has 0 aromatic carbocycles. The maximum absolute atomic E-state index is 5.39. The number of aryl methyl sites for hydroxylation is 1. The summed E-state index contributed by atoms with van der Waals surface area (Å²) in [5, 5.41) is 14.6. The molecule has 0 atom stereocenters. The normalized spacial score (nSPS) is 12.0. The van der Waals surface area contributed by atoms with Crippen molar-refractivity contribution >= 4 is 5.96 Å². The third kappa shape index (κ3) is 4.54. The Balaban J connectivity index is 1.85.